The molecule has 1 unspecified atom stereocenters. The van der Waals surface area contributed by atoms with Gasteiger partial charge in [0.05, 0.1) is 21.2 Å². The second kappa shape index (κ2) is 9.24. The molecule has 16 heteroatoms. The van der Waals surface area contributed by atoms with Gasteiger partial charge >= 0.3 is 11.7 Å². The molecule has 1 aromatic carbocycles. The number of hydrogen-bond acceptors (Lipinski definition) is 5. The standard InChI is InChI=1S/C18H7Cl2F6N5O2S/c19-10-4-9(17(21,22)23)5-11(20)13(10)31-15(29-16(32)8-2-1-3-28-7-8)14(12(6-27)30-31)34(33)18(24,25)26/h1-5,7H,(H,29,32). The van der Waals surface area contributed by atoms with Gasteiger partial charge in [0.1, 0.15) is 16.7 Å². The zero-order valence-corrected chi connectivity index (χ0v) is 18.3. The third kappa shape index (κ3) is 5.01. The third-order valence-corrected chi connectivity index (χ3v) is 5.81. The Morgan fingerprint density at radius 2 is 1.76 bits per heavy atom. The molecule has 2 heterocycles. The summed E-state index contributed by atoms with van der Waals surface area (Å²) in [7, 11) is -3.88. The highest BCUT2D eigenvalue weighted by atomic mass is 35.5. The van der Waals surface area contributed by atoms with E-state index in [2.05, 4.69) is 10.1 Å². The first kappa shape index (κ1) is 25.5. The molecule has 3 aromatic rings. The van der Waals surface area contributed by atoms with Crippen molar-refractivity contribution in [2.45, 2.75) is 16.6 Å². The molecule has 0 saturated heterocycles. The molecule has 0 bridgehead atoms. The average molecular weight is 542 g/mol. The van der Waals surface area contributed by atoms with Crippen LogP contribution in [-0.2, 0) is 17.0 Å². The Balaban J connectivity index is 2.30. The van der Waals surface area contributed by atoms with Crippen LogP contribution in [0.1, 0.15) is 21.6 Å². The van der Waals surface area contributed by atoms with E-state index in [0.29, 0.717) is 16.8 Å². The predicted octanol–water partition coefficient (Wildman–Crippen LogP) is 5.34. The largest absolute Gasteiger partial charge is 0.476 e. The number of hydrogen-bond donors (Lipinski definition) is 1. The highest BCUT2D eigenvalue weighted by Gasteiger charge is 2.43. The summed E-state index contributed by atoms with van der Waals surface area (Å²) in [5, 5.41) is 13.5. The maximum Gasteiger partial charge on any atom is 0.476 e. The summed E-state index contributed by atoms with van der Waals surface area (Å²) >= 11 is 11.9. The summed E-state index contributed by atoms with van der Waals surface area (Å²) in [4.78, 5) is 15.0. The molecular formula is C18H7Cl2F6N5O2S. The highest BCUT2D eigenvalue weighted by molar-refractivity contribution is 7.86. The summed E-state index contributed by atoms with van der Waals surface area (Å²) < 4.78 is 91.7. The van der Waals surface area contributed by atoms with Gasteiger partial charge < -0.3 is 5.32 Å². The van der Waals surface area contributed by atoms with Crippen LogP contribution in [0.25, 0.3) is 5.69 Å². The molecule has 0 aliphatic heterocycles. The fourth-order valence-corrected chi connectivity index (χ4v) is 4.10. The van der Waals surface area contributed by atoms with E-state index in [0.717, 1.165) is 6.20 Å². The Labute approximate surface area is 198 Å². The van der Waals surface area contributed by atoms with Crippen LogP contribution in [-0.4, -0.2) is 30.4 Å². The second-order valence-corrected chi connectivity index (χ2v) is 8.47. The number of nitrogens with one attached hydrogen (secondary N) is 1. The quantitative estimate of drug-likeness (QED) is 0.449. The molecule has 0 fully saturated rings. The number of carbonyl (C=O) groups excluding carboxylic acids is 1. The van der Waals surface area contributed by atoms with Crippen LogP contribution in [0.2, 0.25) is 10.0 Å². The minimum Gasteiger partial charge on any atom is -0.305 e. The summed E-state index contributed by atoms with van der Waals surface area (Å²) in [6.45, 7) is 0. The van der Waals surface area contributed by atoms with Crippen LogP contribution < -0.4 is 5.32 Å². The van der Waals surface area contributed by atoms with E-state index in [4.69, 9.17) is 23.2 Å². The molecule has 2 aromatic heterocycles. The van der Waals surface area contributed by atoms with Crippen molar-refractivity contribution in [2.75, 3.05) is 5.32 Å². The minimum absolute atomic E-state index is 0.151. The second-order valence-electron chi connectivity index (χ2n) is 6.25. The number of amides is 1. The first-order valence-corrected chi connectivity index (χ1v) is 10.5. The van der Waals surface area contributed by atoms with Crippen molar-refractivity contribution < 1.29 is 35.3 Å². The molecule has 0 aliphatic carbocycles. The van der Waals surface area contributed by atoms with Gasteiger partial charge in [-0.15, -0.1) is 0 Å². The number of carbonyl (C=O) groups is 1. The smallest absolute Gasteiger partial charge is 0.305 e. The van der Waals surface area contributed by atoms with Crippen LogP contribution in [0.5, 0.6) is 0 Å². The maximum absolute atomic E-state index is 13.3. The molecule has 34 heavy (non-hydrogen) atoms. The zero-order chi connectivity index (χ0) is 25.4. The number of anilines is 1. The van der Waals surface area contributed by atoms with Gasteiger partial charge in [-0.25, -0.2) is 8.89 Å². The van der Waals surface area contributed by atoms with Crippen LogP contribution in [0.4, 0.5) is 32.2 Å². The molecule has 178 valence electrons. The lowest BCUT2D eigenvalue weighted by Gasteiger charge is -2.15. The fourth-order valence-electron chi connectivity index (χ4n) is 2.65. The lowest BCUT2D eigenvalue weighted by molar-refractivity contribution is -0.137. The lowest BCUT2D eigenvalue weighted by Crippen LogP contribution is -2.21. The first-order chi connectivity index (χ1) is 15.8. The molecule has 0 spiro atoms. The van der Waals surface area contributed by atoms with Crippen LogP contribution in [0.15, 0.2) is 41.6 Å². The Morgan fingerprint density at radius 1 is 1.15 bits per heavy atom. The summed E-state index contributed by atoms with van der Waals surface area (Å²) in [6.07, 6.45) is -2.51. The van der Waals surface area contributed by atoms with Crippen molar-refractivity contribution in [1.29, 1.82) is 5.26 Å². The molecule has 0 saturated carbocycles. The number of aromatic nitrogens is 3. The van der Waals surface area contributed by atoms with Gasteiger partial charge in [0.15, 0.2) is 22.3 Å². The number of pyridine rings is 1. The van der Waals surface area contributed by atoms with E-state index in [1.54, 1.807) is 0 Å². The molecule has 1 atom stereocenters. The van der Waals surface area contributed by atoms with Crippen LogP contribution >= 0.6 is 23.2 Å². The maximum atomic E-state index is 13.3. The van der Waals surface area contributed by atoms with Gasteiger partial charge in [-0.3, -0.25) is 9.78 Å². The van der Waals surface area contributed by atoms with E-state index in [1.165, 1.54) is 24.4 Å². The third-order valence-electron chi connectivity index (χ3n) is 4.06. The number of alkyl halides is 6. The summed E-state index contributed by atoms with van der Waals surface area (Å²) in [6, 6.07) is 4.73. The summed E-state index contributed by atoms with van der Waals surface area (Å²) in [5.74, 6) is -2.00. The normalized spacial score (nSPS) is 12.8. The topological polar surface area (TPSA) is 101 Å². The Kier molecular flexibility index (Phi) is 6.92. The highest BCUT2D eigenvalue weighted by Crippen LogP contribution is 2.41. The molecule has 1 amide bonds. The van der Waals surface area contributed by atoms with E-state index >= 15 is 0 Å². The lowest BCUT2D eigenvalue weighted by atomic mass is 10.2. The van der Waals surface area contributed by atoms with Gasteiger partial charge in [0.2, 0.25) is 0 Å². The Morgan fingerprint density at radius 3 is 2.24 bits per heavy atom. The van der Waals surface area contributed by atoms with Gasteiger partial charge in [0.25, 0.3) is 5.91 Å². The van der Waals surface area contributed by atoms with Crippen LogP contribution in [0, 0.1) is 11.3 Å². The molecule has 0 radical (unpaired) electrons. The average Bonchev–Trinajstić information content (AvgIpc) is 3.09. The minimum atomic E-state index is -5.39. The zero-order valence-electron chi connectivity index (χ0n) is 16.0. The van der Waals surface area contributed by atoms with Gasteiger partial charge in [-0.05, 0) is 24.3 Å². The summed E-state index contributed by atoms with van der Waals surface area (Å²) in [5.41, 5.74) is -8.45. The van der Waals surface area contributed by atoms with Crippen molar-refractivity contribution in [3.8, 4) is 11.8 Å². The molecular weight excluding hydrogens is 535 g/mol. The monoisotopic (exact) mass is 541 g/mol. The van der Waals surface area contributed by atoms with Crippen molar-refractivity contribution in [3.63, 3.8) is 0 Å². The van der Waals surface area contributed by atoms with Crippen molar-refractivity contribution in [2.24, 2.45) is 0 Å². The molecule has 0 aliphatic rings. The Bertz CT molecular complexity index is 1310. The van der Waals surface area contributed by atoms with Gasteiger partial charge in [0, 0.05) is 12.4 Å². The number of rotatable bonds is 4. The van der Waals surface area contributed by atoms with E-state index < -0.39 is 66.1 Å². The van der Waals surface area contributed by atoms with Crippen LogP contribution in [0.3, 0.4) is 0 Å². The SMILES string of the molecule is N#Cc1nn(-c2c(Cl)cc(C(F)(F)F)cc2Cl)c(NC(=O)c2cccnc2)c1S(=O)C(F)(F)F. The van der Waals surface area contributed by atoms with E-state index in [1.807, 2.05) is 5.32 Å². The number of halogens is 8. The Hall–Kier alpha value is -3.15. The first-order valence-electron chi connectivity index (χ1n) is 8.55. The van der Waals surface area contributed by atoms with Crippen molar-refractivity contribution in [1.82, 2.24) is 14.8 Å². The van der Waals surface area contributed by atoms with Gasteiger partial charge in [-0.1, -0.05) is 23.2 Å². The van der Waals surface area contributed by atoms with Crippen molar-refractivity contribution in [3.05, 3.63) is 63.5 Å². The predicted molar refractivity (Wildman–Crippen MR) is 108 cm³/mol. The van der Waals surface area contributed by atoms with E-state index in [9.17, 15) is 40.6 Å². The molecule has 7 nitrogen and oxygen atoms in total. The van der Waals surface area contributed by atoms with Gasteiger partial charge in [-0.2, -0.15) is 36.7 Å². The fraction of sp³-hybridized carbons (Fsp3) is 0.111. The number of nitriles is 1. The molecule has 1 N–H and O–H groups in total. The number of nitrogens with zero attached hydrogens (tertiary/aromatic N) is 4. The number of benzene rings is 1. The van der Waals surface area contributed by atoms with Crippen molar-refractivity contribution >= 4 is 45.7 Å². The molecule has 3 rings (SSSR count). The van der Waals surface area contributed by atoms with E-state index in [-0.39, 0.29) is 5.56 Å².